The molecule has 2 saturated heterocycles. The van der Waals surface area contributed by atoms with Crippen molar-refractivity contribution in [2.24, 2.45) is 0 Å². The smallest absolute Gasteiger partial charge is 0.322 e. The van der Waals surface area contributed by atoms with Crippen LogP contribution in [0.25, 0.3) is 0 Å². The number of hydrogen-bond acceptors (Lipinski definition) is 4. The number of hydrogen-bond donors (Lipinski definition) is 1. The van der Waals surface area contributed by atoms with E-state index in [1.54, 1.807) is 0 Å². The molecular formula is C20H29N3O3. The van der Waals surface area contributed by atoms with E-state index in [1.165, 1.54) is 5.56 Å². The van der Waals surface area contributed by atoms with E-state index in [0.717, 1.165) is 64.2 Å². The van der Waals surface area contributed by atoms with Gasteiger partial charge in [0.2, 0.25) is 0 Å². The number of carbonyl (C=O) groups is 1. The van der Waals surface area contributed by atoms with Gasteiger partial charge in [0.25, 0.3) is 0 Å². The van der Waals surface area contributed by atoms with E-state index < -0.39 is 0 Å². The van der Waals surface area contributed by atoms with Crippen LogP contribution in [0.3, 0.4) is 0 Å². The van der Waals surface area contributed by atoms with Crippen LogP contribution in [0.1, 0.15) is 24.8 Å². The summed E-state index contributed by atoms with van der Waals surface area (Å²) in [5.41, 5.74) is 2.17. The summed E-state index contributed by atoms with van der Waals surface area (Å²) in [5.74, 6) is 0. The summed E-state index contributed by atoms with van der Waals surface area (Å²) in [6.07, 6.45) is 4.54. The number of amides is 2. The lowest BCUT2D eigenvalue weighted by Gasteiger charge is -2.37. The van der Waals surface area contributed by atoms with Gasteiger partial charge in [-0.2, -0.15) is 0 Å². The molecule has 1 saturated carbocycles. The van der Waals surface area contributed by atoms with Crippen molar-refractivity contribution >= 4 is 11.7 Å². The summed E-state index contributed by atoms with van der Waals surface area (Å²) in [6.45, 7) is 6.13. The molecule has 1 aliphatic carbocycles. The standard InChI is InChI=1S/C20H29N3O3/c24-20(23-12-15-26-19-3-1-2-18(19)23)21-17-6-4-16(5-7-17)8-9-22-10-13-25-14-11-22/h4-7,18-19H,1-3,8-15H2,(H,21,24). The van der Waals surface area contributed by atoms with Crippen molar-refractivity contribution in [1.82, 2.24) is 9.80 Å². The van der Waals surface area contributed by atoms with Crippen LogP contribution in [-0.4, -0.2) is 74.0 Å². The Morgan fingerprint density at radius 3 is 2.69 bits per heavy atom. The zero-order valence-electron chi connectivity index (χ0n) is 15.4. The van der Waals surface area contributed by atoms with Crippen LogP contribution in [0.5, 0.6) is 0 Å². The predicted octanol–water partition coefficient (Wildman–Crippen LogP) is 2.35. The van der Waals surface area contributed by atoms with Crippen LogP contribution in [0.2, 0.25) is 0 Å². The average Bonchev–Trinajstić information content (AvgIpc) is 3.17. The topological polar surface area (TPSA) is 54.0 Å². The molecule has 0 spiro atoms. The average molecular weight is 359 g/mol. The molecule has 1 aromatic rings. The molecule has 2 atom stereocenters. The van der Waals surface area contributed by atoms with Gasteiger partial charge in [-0.25, -0.2) is 4.79 Å². The molecule has 1 N–H and O–H groups in total. The minimum absolute atomic E-state index is 0.00580. The van der Waals surface area contributed by atoms with Gasteiger partial charge in [0.15, 0.2) is 0 Å². The molecular weight excluding hydrogens is 330 g/mol. The van der Waals surface area contributed by atoms with Gasteiger partial charge in [-0.15, -0.1) is 0 Å². The summed E-state index contributed by atoms with van der Waals surface area (Å²) in [7, 11) is 0. The van der Waals surface area contributed by atoms with Crippen molar-refractivity contribution in [3.05, 3.63) is 29.8 Å². The fourth-order valence-electron chi connectivity index (χ4n) is 4.24. The fourth-order valence-corrected chi connectivity index (χ4v) is 4.24. The van der Waals surface area contributed by atoms with E-state index >= 15 is 0 Å². The van der Waals surface area contributed by atoms with Gasteiger partial charge in [-0.3, -0.25) is 4.90 Å². The Morgan fingerprint density at radius 2 is 1.88 bits per heavy atom. The summed E-state index contributed by atoms with van der Waals surface area (Å²) in [6, 6.07) is 8.52. The molecule has 1 aromatic carbocycles. The summed E-state index contributed by atoms with van der Waals surface area (Å²) < 4.78 is 11.2. The van der Waals surface area contributed by atoms with Crippen molar-refractivity contribution in [2.75, 3.05) is 51.3 Å². The minimum Gasteiger partial charge on any atom is -0.379 e. The summed E-state index contributed by atoms with van der Waals surface area (Å²) in [4.78, 5) is 17.1. The maximum Gasteiger partial charge on any atom is 0.322 e. The van der Waals surface area contributed by atoms with Crippen LogP contribution < -0.4 is 5.32 Å². The Hall–Kier alpha value is -1.63. The monoisotopic (exact) mass is 359 g/mol. The Kier molecular flexibility index (Phi) is 5.72. The largest absolute Gasteiger partial charge is 0.379 e. The second kappa shape index (κ2) is 8.37. The predicted molar refractivity (Wildman–Crippen MR) is 101 cm³/mol. The van der Waals surface area contributed by atoms with Gasteiger partial charge in [0.05, 0.1) is 32.0 Å². The van der Waals surface area contributed by atoms with Crippen LogP contribution in [-0.2, 0) is 15.9 Å². The molecule has 6 heteroatoms. The fraction of sp³-hybridized carbons (Fsp3) is 0.650. The Morgan fingerprint density at radius 1 is 1.08 bits per heavy atom. The van der Waals surface area contributed by atoms with Crippen molar-refractivity contribution < 1.29 is 14.3 Å². The molecule has 2 aliphatic heterocycles. The molecule has 2 amide bonds. The highest BCUT2D eigenvalue weighted by atomic mass is 16.5. The molecule has 142 valence electrons. The van der Waals surface area contributed by atoms with Crippen molar-refractivity contribution in [2.45, 2.75) is 37.8 Å². The van der Waals surface area contributed by atoms with Gasteiger partial charge in [0.1, 0.15) is 0 Å². The van der Waals surface area contributed by atoms with Crippen LogP contribution in [0.15, 0.2) is 24.3 Å². The molecule has 6 nitrogen and oxygen atoms in total. The number of nitrogens with one attached hydrogen (secondary N) is 1. The van der Waals surface area contributed by atoms with E-state index in [9.17, 15) is 4.79 Å². The lowest BCUT2D eigenvalue weighted by Crippen LogP contribution is -2.52. The number of morpholine rings is 2. The van der Waals surface area contributed by atoms with Crippen molar-refractivity contribution in [3.63, 3.8) is 0 Å². The highest BCUT2D eigenvalue weighted by molar-refractivity contribution is 5.89. The number of rotatable bonds is 4. The number of carbonyl (C=O) groups excluding carboxylic acids is 1. The van der Waals surface area contributed by atoms with Gasteiger partial charge in [-0.1, -0.05) is 12.1 Å². The minimum atomic E-state index is 0.00580. The van der Waals surface area contributed by atoms with E-state index in [1.807, 2.05) is 17.0 Å². The second-order valence-electron chi connectivity index (χ2n) is 7.43. The SMILES string of the molecule is O=C(Nc1ccc(CCN2CCOCC2)cc1)N1CCOC2CCCC21. The highest BCUT2D eigenvalue weighted by Gasteiger charge is 2.38. The van der Waals surface area contributed by atoms with E-state index in [2.05, 4.69) is 22.3 Å². The normalized spacial score (nSPS) is 26.5. The van der Waals surface area contributed by atoms with E-state index in [0.29, 0.717) is 13.2 Å². The second-order valence-corrected chi connectivity index (χ2v) is 7.43. The van der Waals surface area contributed by atoms with Gasteiger partial charge in [-0.05, 0) is 43.4 Å². The van der Waals surface area contributed by atoms with Gasteiger partial charge >= 0.3 is 6.03 Å². The zero-order chi connectivity index (χ0) is 17.8. The van der Waals surface area contributed by atoms with Crippen molar-refractivity contribution in [1.29, 1.82) is 0 Å². The first-order valence-corrected chi connectivity index (χ1v) is 9.88. The van der Waals surface area contributed by atoms with E-state index in [-0.39, 0.29) is 18.2 Å². The first kappa shape index (κ1) is 17.8. The number of urea groups is 1. The van der Waals surface area contributed by atoms with Crippen LogP contribution >= 0.6 is 0 Å². The summed E-state index contributed by atoms with van der Waals surface area (Å²) in [5, 5.41) is 3.06. The number of ether oxygens (including phenoxy) is 2. The first-order chi connectivity index (χ1) is 12.8. The molecule has 26 heavy (non-hydrogen) atoms. The Bertz CT molecular complexity index is 601. The van der Waals surface area contributed by atoms with E-state index in [4.69, 9.17) is 9.47 Å². The maximum atomic E-state index is 12.7. The van der Waals surface area contributed by atoms with Crippen LogP contribution in [0.4, 0.5) is 10.5 Å². The Labute approximate surface area is 155 Å². The van der Waals surface area contributed by atoms with Gasteiger partial charge < -0.3 is 19.7 Å². The molecule has 0 bridgehead atoms. The molecule has 0 aromatic heterocycles. The van der Waals surface area contributed by atoms with Crippen molar-refractivity contribution in [3.8, 4) is 0 Å². The first-order valence-electron chi connectivity index (χ1n) is 9.88. The quantitative estimate of drug-likeness (QED) is 0.897. The number of fused-ring (bicyclic) bond motifs is 1. The lowest BCUT2D eigenvalue weighted by atomic mass is 10.1. The molecule has 3 fully saturated rings. The zero-order valence-corrected chi connectivity index (χ0v) is 15.4. The van der Waals surface area contributed by atoms with Gasteiger partial charge in [0, 0.05) is 31.9 Å². The number of nitrogens with zero attached hydrogens (tertiary/aromatic N) is 2. The molecule has 3 aliphatic rings. The van der Waals surface area contributed by atoms with Crippen LogP contribution in [0, 0.1) is 0 Å². The Balaban J connectivity index is 1.28. The number of anilines is 1. The third-order valence-corrected chi connectivity index (χ3v) is 5.77. The maximum absolute atomic E-state index is 12.7. The molecule has 0 radical (unpaired) electrons. The lowest BCUT2D eigenvalue weighted by molar-refractivity contribution is -0.0362. The third-order valence-electron chi connectivity index (χ3n) is 5.77. The molecule has 4 rings (SSSR count). The number of benzene rings is 1. The molecule has 2 heterocycles. The molecule has 2 unspecified atom stereocenters. The highest BCUT2D eigenvalue weighted by Crippen LogP contribution is 2.30. The summed E-state index contributed by atoms with van der Waals surface area (Å²) >= 11 is 0. The third kappa shape index (κ3) is 4.19.